The van der Waals surface area contributed by atoms with Gasteiger partial charge in [-0.3, -0.25) is 0 Å². The summed E-state index contributed by atoms with van der Waals surface area (Å²) in [5, 5.41) is 0.715. The molecule has 0 atom stereocenters. The monoisotopic (exact) mass is 440 g/mol. The van der Waals surface area contributed by atoms with E-state index in [0.29, 0.717) is 5.58 Å². The van der Waals surface area contributed by atoms with Crippen LogP contribution in [-0.2, 0) is 32.8 Å². The summed E-state index contributed by atoms with van der Waals surface area (Å²) in [5.41, 5.74) is 1.77. The number of furan rings is 1. The maximum absolute atomic E-state index is 12.7. The molecule has 148 valence electrons. The zero-order valence-corrected chi connectivity index (χ0v) is 17.3. The Morgan fingerprint density at radius 3 is 2.50 bits per heavy atom. The molecule has 1 aliphatic carbocycles. The second-order valence-electron chi connectivity index (χ2n) is 6.77. The second kappa shape index (κ2) is 6.79. The van der Waals surface area contributed by atoms with Crippen LogP contribution in [0.3, 0.4) is 0 Å². The molecule has 1 aliphatic rings. The molecule has 0 saturated heterocycles. The molecule has 0 bridgehead atoms. The first kappa shape index (κ1) is 19.3. The third-order valence-corrected chi connectivity index (χ3v) is 7.57. The van der Waals surface area contributed by atoms with E-state index in [0.717, 1.165) is 54.7 Å². The first-order valence-corrected chi connectivity index (χ1v) is 12.3. The van der Waals surface area contributed by atoms with E-state index in [-0.39, 0.29) is 15.7 Å². The molecule has 0 amide bonds. The molecular weight excluding hydrogens is 424 g/mol. The minimum absolute atomic E-state index is 0.113. The number of hydrogen-bond acceptors (Lipinski definition) is 6. The van der Waals surface area contributed by atoms with E-state index < -0.39 is 24.9 Å². The summed E-state index contributed by atoms with van der Waals surface area (Å²) < 4.78 is 60.1. The van der Waals surface area contributed by atoms with E-state index in [1.54, 1.807) is 12.1 Å². The fraction of sp³-hybridized carbons (Fsp3) is 0.263. The van der Waals surface area contributed by atoms with Crippen LogP contribution in [0.4, 0.5) is 0 Å². The zero-order chi connectivity index (χ0) is 20.1. The average Bonchev–Trinajstić information content (AvgIpc) is 2.98. The van der Waals surface area contributed by atoms with Gasteiger partial charge in [-0.2, -0.15) is 8.42 Å². The smallest absolute Gasteiger partial charge is 0.340 e. The topological polar surface area (TPSA) is 90.7 Å². The van der Waals surface area contributed by atoms with Crippen molar-refractivity contribution < 1.29 is 25.4 Å². The molecule has 0 aliphatic heterocycles. The van der Waals surface area contributed by atoms with Gasteiger partial charge < -0.3 is 8.60 Å². The van der Waals surface area contributed by atoms with E-state index >= 15 is 0 Å². The Kier molecular flexibility index (Phi) is 4.68. The van der Waals surface area contributed by atoms with E-state index in [1.165, 1.54) is 18.2 Å². The molecule has 0 saturated carbocycles. The molecule has 0 unspecified atom stereocenters. The van der Waals surface area contributed by atoms with Gasteiger partial charge in [0.05, 0.1) is 9.92 Å². The normalized spacial score (nSPS) is 14.8. The van der Waals surface area contributed by atoms with Crippen molar-refractivity contribution in [2.24, 2.45) is 0 Å². The lowest BCUT2D eigenvalue weighted by molar-refractivity contribution is 0.485. The maximum atomic E-state index is 12.7. The van der Waals surface area contributed by atoms with Crippen molar-refractivity contribution in [3.63, 3.8) is 0 Å². The van der Waals surface area contributed by atoms with E-state index in [1.807, 2.05) is 0 Å². The molecule has 3 aromatic rings. The minimum Gasteiger partial charge on any atom is -0.461 e. The van der Waals surface area contributed by atoms with Crippen molar-refractivity contribution in [2.45, 2.75) is 35.5 Å². The van der Waals surface area contributed by atoms with Gasteiger partial charge in [-0.15, -0.1) is 0 Å². The lowest BCUT2D eigenvalue weighted by atomic mass is 9.96. The molecule has 28 heavy (non-hydrogen) atoms. The highest BCUT2D eigenvalue weighted by Crippen LogP contribution is 2.35. The number of halogens is 1. The first-order chi connectivity index (χ1) is 13.1. The highest BCUT2D eigenvalue weighted by atomic mass is 35.5. The number of fused-ring (bicyclic) bond motifs is 3. The molecule has 4 rings (SSSR count). The summed E-state index contributed by atoms with van der Waals surface area (Å²) in [6.45, 7) is 0. The molecule has 1 aromatic heterocycles. The second-order valence-corrected chi connectivity index (χ2v) is 10.7. The van der Waals surface area contributed by atoms with Crippen molar-refractivity contribution in [1.29, 1.82) is 0 Å². The molecule has 6 nitrogen and oxygen atoms in total. The third-order valence-electron chi connectivity index (χ3n) is 4.73. The maximum Gasteiger partial charge on any atom is 0.340 e. The summed E-state index contributed by atoms with van der Waals surface area (Å²) in [6.07, 6.45) is 4.86. The molecule has 0 N–H and O–H groups in total. The Hall–Kier alpha value is -2.03. The Bertz CT molecular complexity index is 1290. The van der Waals surface area contributed by atoms with Crippen LogP contribution in [0.25, 0.3) is 11.0 Å². The lowest BCUT2D eigenvalue weighted by Gasteiger charge is -2.11. The number of sulfone groups is 1. The fourth-order valence-corrected chi connectivity index (χ4v) is 5.52. The summed E-state index contributed by atoms with van der Waals surface area (Å²) in [7, 11) is -7.92. The molecule has 0 radical (unpaired) electrons. The van der Waals surface area contributed by atoms with Crippen molar-refractivity contribution in [3.8, 4) is 5.75 Å². The van der Waals surface area contributed by atoms with Gasteiger partial charge in [-0.25, -0.2) is 8.42 Å². The fourth-order valence-electron chi connectivity index (χ4n) is 3.37. The van der Waals surface area contributed by atoms with Crippen LogP contribution in [0.2, 0.25) is 5.02 Å². The van der Waals surface area contributed by atoms with Gasteiger partial charge in [0.25, 0.3) is 0 Å². The predicted molar refractivity (Wildman–Crippen MR) is 105 cm³/mol. The molecule has 1 heterocycles. The van der Waals surface area contributed by atoms with Crippen molar-refractivity contribution in [1.82, 2.24) is 0 Å². The number of hydrogen-bond donors (Lipinski definition) is 0. The summed E-state index contributed by atoms with van der Waals surface area (Å²) in [5.74, 6) is 1.05. The van der Waals surface area contributed by atoms with Crippen LogP contribution in [-0.4, -0.2) is 23.1 Å². The zero-order valence-electron chi connectivity index (χ0n) is 14.9. The molecular formula is C19H17ClO6S2. The van der Waals surface area contributed by atoms with Crippen LogP contribution in [0, 0.1) is 0 Å². The molecule has 2 aromatic carbocycles. The van der Waals surface area contributed by atoms with Crippen molar-refractivity contribution in [2.75, 3.05) is 6.26 Å². The third kappa shape index (κ3) is 3.52. The lowest BCUT2D eigenvalue weighted by Crippen LogP contribution is -2.11. The van der Waals surface area contributed by atoms with Crippen molar-refractivity contribution >= 4 is 42.5 Å². The van der Waals surface area contributed by atoms with Gasteiger partial charge in [0.2, 0.25) is 0 Å². The molecule has 0 spiro atoms. The van der Waals surface area contributed by atoms with Crippen LogP contribution >= 0.6 is 11.6 Å². The summed E-state index contributed by atoms with van der Waals surface area (Å²) in [6, 6.07) is 8.29. The number of benzene rings is 2. The Morgan fingerprint density at radius 1 is 1.00 bits per heavy atom. The van der Waals surface area contributed by atoms with E-state index in [9.17, 15) is 16.8 Å². The SMILES string of the molecule is CS(=O)(=O)c1ccc(Cl)c(S(=O)(=O)Oc2ccc3oc4c(c3c2)CCCC4)c1. The van der Waals surface area contributed by atoms with Crippen LogP contribution < -0.4 is 4.18 Å². The summed E-state index contributed by atoms with van der Waals surface area (Å²) in [4.78, 5) is -0.551. The van der Waals surface area contributed by atoms with Gasteiger partial charge in [0.15, 0.2) is 9.84 Å². The van der Waals surface area contributed by atoms with Gasteiger partial charge in [0, 0.05) is 23.6 Å². The van der Waals surface area contributed by atoms with Crippen LogP contribution in [0.1, 0.15) is 24.2 Å². The average molecular weight is 441 g/mol. The van der Waals surface area contributed by atoms with Gasteiger partial charge in [-0.05, 0) is 55.7 Å². The van der Waals surface area contributed by atoms with Crippen LogP contribution in [0.5, 0.6) is 5.75 Å². The summed E-state index contributed by atoms with van der Waals surface area (Å²) >= 11 is 6.00. The minimum atomic E-state index is -4.33. The van der Waals surface area contributed by atoms with Crippen LogP contribution in [0.15, 0.2) is 50.6 Å². The first-order valence-electron chi connectivity index (χ1n) is 8.63. The Labute approximate surface area is 168 Å². The Balaban J connectivity index is 1.74. The standard InChI is InChI=1S/C19H17ClO6S2/c1-27(21,22)13-7-8-16(20)19(11-13)28(23,24)26-12-6-9-18-15(10-12)14-4-2-3-5-17(14)25-18/h6-11H,2-5H2,1H3. The highest BCUT2D eigenvalue weighted by molar-refractivity contribution is 7.90. The highest BCUT2D eigenvalue weighted by Gasteiger charge is 2.24. The quantitative estimate of drug-likeness (QED) is 0.566. The predicted octanol–water partition coefficient (Wildman–Crippen LogP) is 4.14. The number of aryl methyl sites for hydroxylation is 2. The van der Waals surface area contributed by atoms with Gasteiger partial charge >= 0.3 is 10.1 Å². The Morgan fingerprint density at radius 2 is 1.75 bits per heavy atom. The molecule has 9 heteroatoms. The van der Waals surface area contributed by atoms with E-state index in [2.05, 4.69) is 0 Å². The number of rotatable bonds is 4. The van der Waals surface area contributed by atoms with Crippen molar-refractivity contribution in [3.05, 3.63) is 52.7 Å². The van der Waals surface area contributed by atoms with E-state index in [4.69, 9.17) is 20.2 Å². The largest absolute Gasteiger partial charge is 0.461 e. The van der Waals surface area contributed by atoms with Gasteiger partial charge in [0.1, 0.15) is 22.0 Å². The van der Waals surface area contributed by atoms with Gasteiger partial charge in [-0.1, -0.05) is 11.6 Å². The molecule has 0 fully saturated rings.